The van der Waals surface area contributed by atoms with Gasteiger partial charge in [0.15, 0.2) is 0 Å². The van der Waals surface area contributed by atoms with Gasteiger partial charge in [0.25, 0.3) is 0 Å². The summed E-state index contributed by atoms with van der Waals surface area (Å²) < 4.78 is 9.06. The molecule has 1 aliphatic rings. The minimum Gasteiger partial charge on any atom is -0.378 e. The van der Waals surface area contributed by atoms with Crippen LogP contribution in [0.3, 0.4) is 0 Å². The van der Waals surface area contributed by atoms with Crippen molar-refractivity contribution in [3.8, 4) is 5.95 Å². The molecule has 0 aliphatic heterocycles. The number of hydrogen-bond acceptors (Lipinski definition) is 4. The summed E-state index contributed by atoms with van der Waals surface area (Å²) in [6.07, 6.45) is 5.68. The molecule has 0 unspecified atom stereocenters. The van der Waals surface area contributed by atoms with Gasteiger partial charge in [-0.15, -0.1) is 0 Å². The number of para-hydroxylation sites is 2. The lowest BCUT2D eigenvalue weighted by atomic mass is 9.82. The summed E-state index contributed by atoms with van der Waals surface area (Å²) >= 11 is 0. The molecule has 0 bridgehead atoms. The maximum Gasteiger partial charge on any atom is 0.336 e. The molecule has 1 aromatic carbocycles. The smallest absolute Gasteiger partial charge is 0.336 e. The quantitative estimate of drug-likeness (QED) is 0.723. The minimum atomic E-state index is -0.0812. The lowest BCUT2D eigenvalue weighted by molar-refractivity contribution is -0.0288. The largest absolute Gasteiger partial charge is 0.378 e. The second-order valence-electron chi connectivity index (χ2n) is 6.18. The van der Waals surface area contributed by atoms with Crippen molar-refractivity contribution in [1.82, 2.24) is 19.1 Å². The van der Waals surface area contributed by atoms with E-state index in [0.29, 0.717) is 24.5 Å². The fourth-order valence-corrected chi connectivity index (χ4v) is 3.44. The molecule has 0 radical (unpaired) electrons. The van der Waals surface area contributed by atoms with Gasteiger partial charge in [0.1, 0.15) is 0 Å². The van der Waals surface area contributed by atoms with E-state index in [9.17, 15) is 4.79 Å². The van der Waals surface area contributed by atoms with E-state index in [-0.39, 0.29) is 5.69 Å². The standard InChI is InChI=1S/C18H20N4O2/c1-2-24-14-10-13(11-14)12-21-15-6-3-4-7-16(15)22(18(21)23)17-19-8-5-9-20-17/h3-9,13-14H,2,10-12H2,1H3. The molecule has 1 aliphatic carbocycles. The summed E-state index contributed by atoms with van der Waals surface area (Å²) in [4.78, 5) is 21.5. The lowest BCUT2D eigenvalue weighted by Crippen LogP contribution is -2.36. The van der Waals surface area contributed by atoms with Crippen molar-refractivity contribution in [1.29, 1.82) is 0 Å². The summed E-state index contributed by atoms with van der Waals surface area (Å²) in [5.41, 5.74) is 1.69. The second kappa shape index (κ2) is 6.20. The Hall–Kier alpha value is -2.47. The normalized spacial score (nSPS) is 20.2. The van der Waals surface area contributed by atoms with E-state index in [4.69, 9.17) is 4.74 Å². The SMILES string of the molecule is CCOC1CC(Cn2c(=O)n(-c3ncccn3)c3ccccc32)C1. The predicted molar refractivity (Wildman–Crippen MR) is 91.3 cm³/mol. The maximum absolute atomic E-state index is 13.0. The van der Waals surface area contributed by atoms with E-state index < -0.39 is 0 Å². The summed E-state index contributed by atoms with van der Waals surface area (Å²) in [7, 11) is 0. The monoisotopic (exact) mass is 324 g/mol. The number of benzene rings is 1. The molecule has 1 fully saturated rings. The fourth-order valence-electron chi connectivity index (χ4n) is 3.44. The Kier molecular flexibility index (Phi) is 3.90. The van der Waals surface area contributed by atoms with Crippen LogP contribution in [-0.2, 0) is 11.3 Å². The number of aromatic nitrogens is 4. The number of hydrogen-bond donors (Lipinski definition) is 0. The van der Waals surface area contributed by atoms with Crippen LogP contribution in [0.2, 0.25) is 0 Å². The average molecular weight is 324 g/mol. The first-order chi connectivity index (χ1) is 11.8. The Balaban J connectivity index is 1.72. The maximum atomic E-state index is 13.0. The van der Waals surface area contributed by atoms with Gasteiger partial charge in [-0.2, -0.15) is 0 Å². The van der Waals surface area contributed by atoms with Gasteiger partial charge in [-0.25, -0.2) is 19.3 Å². The Bertz CT molecular complexity index is 894. The van der Waals surface area contributed by atoms with Crippen LogP contribution < -0.4 is 5.69 Å². The van der Waals surface area contributed by atoms with Gasteiger partial charge in [-0.1, -0.05) is 12.1 Å². The number of imidazole rings is 1. The molecule has 6 heteroatoms. The van der Waals surface area contributed by atoms with Crippen LogP contribution in [0.1, 0.15) is 19.8 Å². The van der Waals surface area contributed by atoms with Gasteiger partial charge < -0.3 is 4.74 Å². The summed E-state index contributed by atoms with van der Waals surface area (Å²) in [5.74, 6) is 0.897. The molecule has 0 spiro atoms. The van der Waals surface area contributed by atoms with Gasteiger partial charge in [-0.3, -0.25) is 4.57 Å². The molecular weight excluding hydrogens is 304 g/mol. The molecular formula is C18H20N4O2. The molecule has 0 atom stereocenters. The average Bonchev–Trinajstić information content (AvgIpc) is 2.86. The summed E-state index contributed by atoms with van der Waals surface area (Å²) in [6, 6.07) is 9.55. The van der Waals surface area contributed by atoms with E-state index >= 15 is 0 Å². The zero-order chi connectivity index (χ0) is 16.5. The Morgan fingerprint density at radius 2 is 1.83 bits per heavy atom. The highest BCUT2D eigenvalue weighted by Crippen LogP contribution is 2.32. The topological polar surface area (TPSA) is 61.9 Å². The van der Waals surface area contributed by atoms with Crippen LogP contribution in [0.25, 0.3) is 17.0 Å². The second-order valence-corrected chi connectivity index (χ2v) is 6.18. The van der Waals surface area contributed by atoms with E-state index in [2.05, 4.69) is 9.97 Å². The Morgan fingerprint density at radius 1 is 1.12 bits per heavy atom. The molecule has 2 aromatic heterocycles. The lowest BCUT2D eigenvalue weighted by Gasteiger charge is -2.35. The number of ether oxygens (including phenoxy) is 1. The van der Waals surface area contributed by atoms with Gasteiger partial charge >= 0.3 is 5.69 Å². The van der Waals surface area contributed by atoms with E-state index in [1.807, 2.05) is 35.8 Å². The third-order valence-electron chi connectivity index (χ3n) is 4.62. The van der Waals surface area contributed by atoms with Crippen molar-refractivity contribution < 1.29 is 4.74 Å². The molecule has 24 heavy (non-hydrogen) atoms. The van der Waals surface area contributed by atoms with Crippen molar-refractivity contribution in [3.05, 3.63) is 53.2 Å². The van der Waals surface area contributed by atoms with E-state index in [1.54, 1.807) is 23.0 Å². The third-order valence-corrected chi connectivity index (χ3v) is 4.62. The van der Waals surface area contributed by atoms with Crippen LogP contribution in [0.5, 0.6) is 0 Å². The molecule has 0 amide bonds. The Labute approximate surface area is 139 Å². The van der Waals surface area contributed by atoms with E-state index in [0.717, 1.165) is 30.5 Å². The van der Waals surface area contributed by atoms with Crippen LogP contribution in [-0.4, -0.2) is 31.8 Å². The van der Waals surface area contributed by atoms with Gasteiger partial charge in [0.2, 0.25) is 5.95 Å². The van der Waals surface area contributed by atoms with Crippen molar-refractivity contribution >= 4 is 11.0 Å². The zero-order valence-corrected chi connectivity index (χ0v) is 13.6. The zero-order valence-electron chi connectivity index (χ0n) is 13.6. The van der Waals surface area contributed by atoms with Crippen LogP contribution in [0, 0.1) is 5.92 Å². The highest BCUT2D eigenvalue weighted by Gasteiger charge is 2.31. The summed E-state index contributed by atoms with van der Waals surface area (Å²) in [6.45, 7) is 3.48. The van der Waals surface area contributed by atoms with Crippen molar-refractivity contribution in [2.75, 3.05) is 6.61 Å². The highest BCUT2D eigenvalue weighted by molar-refractivity contribution is 5.77. The van der Waals surface area contributed by atoms with Crippen molar-refractivity contribution in [2.24, 2.45) is 5.92 Å². The molecule has 6 nitrogen and oxygen atoms in total. The molecule has 124 valence electrons. The van der Waals surface area contributed by atoms with Crippen molar-refractivity contribution in [2.45, 2.75) is 32.4 Å². The highest BCUT2D eigenvalue weighted by atomic mass is 16.5. The van der Waals surface area contributed by atoms with E-state index in [1.165, 1.54) is 0 Å². The molecule has 0 saturated heterocycles. The summed E-state index contributed by atoms with van der Waals surface area (Å²) in [5, 5.41) is 0. The van der Waals surface area contributed by atoms with Crippen LogP contribution in [0.15, 0.2) is 47.5 Å². The number of rotatable bonds is 5. The molecule has 3 aromatic rings. The van der Waals surface area contributed by atoms with Gasteiger partial charge in [-0.05, 0) is 43.9 Å². The number of fused-ring (bicyclic) bond motifs is 1. The van der Waals surface area contributed by atoms with Crippen LogP contribution in [0.4, 0.5) is 0 Å². The predicted octanol–water partition coefficient (Wildman–Crippen LogP) is 2.40. The molecule has 1 saturated carbocycles. The number of nitrogens with zero attached hydrogens (tertiary/aromatic N) is 4. The van der Waals surface area contributed by atoms with Gasteiger partial charge in [0, 0.05) is 25.5 Å². The first-order valence-electron chi connectivity index (χ1n) is 8.37. The Morgan fingerprint density at radius 3 is 2.54 bits per heavy atom. The molecule has 4 rings (SSSR count). The van der Waals surface area contributed by atoms with Gasteiger partial charge in [0.05, 0.1) is 17.1 Å². The molecule has 2 heterocycles. The first-order valence-corrected chi connectivity index (χ1v) is 8.37. The first kappa shape index (κ1) is 15.1. The van der Waals surface area contributed by atoms with Crippen LogP contribution >= 0.6 is 0 Å². The molecule has 0 N–H and O–H groups in total. The fraction of sp³-hybridized carbons (Fsp3) is 0.389. The van der Waals surface area contributed by atoms with Crippen molar-refractivity contribution in [3.63, 3.8) is 0 Å². The third kappa shape index (κ3) is 2.53. The minimum absolute atomic E-state index is 0.0812.